The highest BCUT2D eigenvalue weighted by molar-refractivity contribution is 4.88. The summed E-state index contributed by atoms with van der Waals surface area (Å²) in [4.78, 5) is 0. The van der Waals surface area contributed by atoms with Gasteiger partial charge in [0.15, 0.2) is 0 Å². The third-order valence-corrected chi connectivity index (χ3v) is 3.96. The van der Waals surface area contributed by atoms with Crippen molar-refractivity contribution < 1.29 is 14.2 Å². The van der Waals surface area contributed by atoms with E-state index in [0.717, 1.165) is 25.5 Å². The Morgan fingerprint density at radius 3 is 2.33 bits per heavy atom. The first-order chi connectivity index (χ1) is 8.72. The highest BCUT2D eigenvalue weighted by Gasteiger charge is 2.35. The van der Waals surface area contributed by atoms with Crippen molar-refractivity contribution in [3.05, 3.63) is 0 Å². The Hall–Kier alpha value is -0.160. The average molecular weight is 259 g/mol. The zero-order valence-electron chi connectivity index (χ0n) is 12.0. The fraction of sp³-hybridized carbons (Fsp3) is 1.00. The zero-order valence-corrected chi connectivity index (χ0v) is 12.0. The molecule has 2 N–H and O–H groups in total. The zero-order chi connectivity index (χ0) is 13.3. The van der Waals surface area contributed by atoms with E-state index >= 15 is 0 Å². The molecule has 0 heterocycles. The molecule has 4 heteroatoms. The highest BCUT2D eigenvalue weighted by atomic mass is 16.5. The lowest BCUT2D eigenvalue weighted by Crippen LogP contribution is -2.29. The van der Waals surface area contributed by atoms with E-state index in [9.17, 15) is 0 Å². The standard InChI is InChI=1S/C14H29NO3/c1-13-3-4-14(11-13,12-15)5-6-17-9-10-18-8-7-16-2/h13H,3-12,15H2,1-2H3. The van der Waals surface area contributed by atoms with Gasteiger partial charge in [-0.2, -0.15) is 0 Å². The molecule has 108 valence electrons. The smallest absolute Gasteiger partial charge is 0.0701 e. The monoisotopic (exact) mass is 259 g/mol. The molecule has 0 aliphatic heterocycles. The van der Waals surface area contributed by atoms with E-state index in [2.05, 4.69) is 6.92 Å². The Morgan fingerprint density at radius 1 is 1.11 bits per heavy atom. The summed E-state index contributed by atoms with van der Waals surface area (Å²) in [6.45, 7) is 6.53. The number of hydrogen-bond donors (Lipinski definition) is 1. The second kappa shape index (κ2) is 8.86. The van der Waals surface area contributed by atoms with Crippen molar-refractivity contribution >= 4 is 0 Å². The first-order valence-corrected chi connectivity index (χ1v) is 7.07. The summed E-state index contributed by atoms with van der Waals surface area (Å²) in [5.41, 5.74) is 6.28. The van der Waals surface area contributed by atoms with Gasteiger partial charge in [0.1, 0.15) is 0 Å². The van der Waals surface area contributed by atoms with Gasteiger partial charge < -0.3 is 19.9 Å². The van der Waals surface area contributed by atoms with Crippen LogP contribution in [0.3, 0.4) is 0 Å². The lowest BCUT2D eigenvalue weighted by atomic mass is 9.82. The van der Waals surface area contributed by atoms with Gasteiger partial charge in [0.2, 0.25) is 0 Å². The van der Waals surface area contributed by atoms with Crippen LogP contribution in [-0.2, 0) is 14.2 Å². The van der Waals surface area contributed by atoms with Gasteiger partial charge in [-0.05, 0) is 37.1 Å². The van der Waals surface area contributed by atoms with Crippen molar-refractivity contribution in [3.8, 4) is 0 Å². The Bertz CT molecular complexity index is 213. The van der Waals surface area contributed by atoms with E-state index in [4.69, 9.17) is 19.9 Å². The van der Waals surface area contributed by atoms with Gasteiger partial charge in [-0.1, -0.05) is 13.3 Å². The molecular formula is C14H29NO3. The summed E-state index contributed by atoms with van der Waals surface area (Å²) in [5.74, 6) is 0.825. The van der Waals surface area contributed by atoms with Crippen LogP contribution in [-0.4, -0.2) is 46.7 Å². The van der Waals surface area contributed by atoms with E-state index < -0.39 is 0 Å². The second-order valence-corrected chi connectivity index (χ2v) is 5.52. The largest absolute Gasteiger partial charge is 0.382 e. The molecule has 0 saturated heterocycles. The van der Waals surface area contributed by atoms with Crippen LogP contribution in [0.5, 0.6) is 0 Å². The van der Waals surface area contributed by atoms with Crippen LogP contribution >= 0.6 is 0 Å². The summed E-state index contributed by atoms with van der Waals surface area (Å²) >= 11 is 0. The van der Waals surface area contributed by atoms with Crippen molar-refractivity contribution in [2.45, 2.75) is 32.6 Å². The fourth-order valence-electron chi connectivity index (χ4n) is 2.76. The molecule has 1 saturated carbocycles. The van der Waals surface area contributed by atoms with Crippen LogP contribution in [0.4, 0.5) is 0 Å². The number of hydrogen-bond acceptors (Lipinski definition) is 4. The van der Waals surface area contributed by atoms with Crippen molar-refractivity contribution in [3.63, 3.8) is 0 Å². The van der Waals surface area contributed by atoms with Crippen LogP contribution in [0.1, 0.15) is 32.6 Å². The van der Waals surface area contributed by atoms with Gasteiger partial charge in [-0.25, -0.2) is 0 Å². The Morgan fingerprint density at radius 2 is 1.78 bits per heavy atom. The molecule has 2 unspecified atom stereocenters. The van der Waals surface area contributed by atoms with Crippen LogP contribution in [0.15, 0.2) is 0 Å². The molecule has 0 aromatic heterocycles. The molecule has 0 aromatic rings. The maximum absolute atomic E-state index is 5.93. The van der Waals surface area contributed by atoms with Crippen molar-refractivity contribution in [1.29, 1.82) is 0 Å². The van der Waals surface area contributed by atoms with Crippen LogP contribution in [0.25, 0.3) is 0 Å². The van der Waals surface area contributed by atoms with Gasteiger partial charge in [-0.15, -0.1) is 0 Å². The molecule has 18 heavy (non-hydrogen) atoms. The van der Waals surface area contributed by atoms with Crippen LogP contribution in [0, 0.1) is 11.3 Å². The number of methoxy groups -OCH3 is 1. The molecular weight excluding hydrogens is 230 g/mol. The molecule has 4 nitrogen and oxygen atoms in total. The molecule has 1 aliphatic rings. The van der Waals surface area contributed by atoms with E-state index in [-0.39, 0.29) is 0 Å². The number of ether oxygens (including phenoxy) is 3. The summed E-state index contributed by atoms with van der Waals surface area (Å²) in [5, 5.41) is 0. The molecule has 1 rings (SSSR count). The minimum atomic E-state index is 0.344. The Kier molecular flexibility index (Phi) is 7.82. The topological polar surface area (TPSA) is 53.7 Å². The van der Waals surface area contributed by atoms with E-state index in [0.29, 0.717) is 31.8 Å². The van der Waals surface area contributed by atoms with Crippen molar-refractivity contribution in [2.24, 2.45) is 17.1 Å². The average Bonchev–Trinajstić information content (AvgIpc) is 2.75. The maximum Gasteiger partial charge on any atom is 0.0701 e. The van der Waals surface area contributed by atoms with Crippen LogP contribution < -0.4 is 5.73 Å². The summed E-state index contributed by atoms with van der Waals surface area (Å²) in [6, 6.07) is 0. The first-order valence-electron chi connectivity index (χ1n) is 7.07. The minimum Gasteiger partial charge on any atom is -0.382 e. The van der Waals surface area contributed by atoms with Gasteiger partial charge in [-0.3, -0.25) is 0 Å². The van der Waals surface area contributed by atoms with Gasteiger partial charge >= 0.3 is 0 Å². The summed E-state index contributed by atoms with van der Waals surface area (Å²) in [7, 11) is 1.68. The number of rotatable bonds is 10. The van der Waals surface area contributed by atoms with Gasteiger partial charge in [0, 0.05) is 13.7 Å². The van der Waals surface area contributed by atoms with Crippen molar-refractivity contribution in [2.75, 3.05) is 46.7 Å². The van der Waals surface area contributed by atoms with E-state index in [1.165, 1.54) is 19.3 Å². The van der Waals surface area contributed by atoms with Crippen LogP contribution in [0.2, 0.25) is 0 Å². The highest BCUT2D eigenvalue weighted by Crippen LogP contribution is 2.43. The van der Waals surface area contributed by atoms with Gasteiger partial charge in [0.05, 0.1) is 26.4 Å². The molecule has 0 radical (unpaired) electrons. The van der Waals surface area contributed by atoms with E-state index in [1.54, 1.807) is 7.11 Å². The number of nitrogens with two attached hydrogens (primary N) is 1. The van der Waals surface area contributed by atoms with Gasteiger partial charge in [0.25, 0.3) is 0 Å². The third-order valence-electron chi connectivity index (χ3n) is 3.96. The lowest BCUT2D eigenvalue weighted by Gasteiger charge is -2.27. The molecule has 0 aromatic carbocycles. The van der Waals surface area contributed by atoms with Crippen molar-refractivity contribution in [1.82, 2.24) is 0 Å². The normalized spacial score (nSPS) is 27.8. The maximum atomic E-state index is 5.93. The Balaban J connectivity index is 1.99. The predicted molar refractivity (Wildman–Crippen MR) is 72.6 cm³/mol. The predicted octanol–water partition coefficient (Wildman–Crippen LogP) is 1.82. The molecule has 0 spiro atoms. The lowest BCUT2D eigenvalue weighted by molar-refractivity contribution is 0.0170. The third kappa shape index (κ3) is 5.65. The summed E-state index contributed by atoms with van der Waals surface area (Å²) in [6.07, 6.45) is 4.93. The molecule has 0 bridgehead atoms. The fourth-order valence-corrected chi connectivity index (χ4v) is 2.76. The molecule has 0 amide bonds. The van der Waals surface area contributed by atoms with E-state index in [1.807, 2.05) is 0 Å². The molecule has 1 fully saturated rings. The minimum absolute atomic E-state index is 0.344. The second-order valence-electron chi connectivity index (χ2n) is 5.52. The molecule has 2 atom stereocenters. The molecule has 1 aliphatic carbocycles. The quantitative estimate of drug-likeness (QED) is 0.608. The summed E-state index contributed by atoms with van der Waals surface area (Å²) < 4.78 is 15.9. The first kappa shape index (κ1) is 15.9. The Labute approximate surface area is 111 Å². The SMILES string of the molecule is COCCOCCOCCC1(CN)CCC(C)C1.